The van der Waals surface area contributed by atoms with Gasteiger partial charge in [0.2, 0.25) is 11.8 Å². The molecule has 2 aliphatic heterocycles. The average molecular weight is 843 g/mol. The minimum atomic E-state index is -0.706. The number of nitrogens with zero attached hydrogens (tertiary/aromatic N) is 5. The monoisotopic (exact) mass is 842 g/mol. The maximum absolute atomic E-state index is 14.1. The number of imidazole rings is 3. The molecule has 5 N–H and O–H groups in total. The number of carbonyl (C=O) groups excluding carboxylic acids is 3. The fraction of sp³-hybridized carbons (Fsp3) is 0.489. The third-order valence-corrected chi connectivity index (χ3v) is 14.1. The summed E-state index contributed by atoms with van der Waals surface area (Å²) in [5, 5.41) is 5.97. The van der Waals surface area contributed by atoms with E-state index in [0.29, 0.717) is 30.8 Å². The highest BCUT2D eigenvalue weighted by Crippen LogP contribution is 2.54. The van der Waals surface area contributed by atoms with Crippen LogP contribution in [0.15, 0.2) is 61.3 Å². The van der Waals surface area contributed by atoms with Crippen molar-refractivity contribution in [3.05, 3.63) is 78.7 Å². The van der Waals surface area contributed by atoms with E-state index < -0.39 is 29.3 Å². The molecule has 9 rings (SSSR count). The van der Waals surface area contributed by atoms with E-state index in [4.69, 9.17) is 24.4 Å². The summed E-state index contributed by atoms with van der Waals surface area (Å²) in [6.45, 7) is 15.1. The maximum atomic E-state index is 14.1. The number of amides is 3. The number of rotatable bonds is 13. The molecule has 2 aliphatic carbocycles. The van der Waals surface area contributed by atoms with Crippen molar-refractivity contribution in [1.82, 2.24) is 50.3 Å². The van der Waals surface area contributed by atoms with Crippen LogP contribution in [0.1, 0.15) is 83.7 Å². The van der Waals surface area contributed by atoms with Crippen LogP contribution in [0.4, 0.5) is 4.79 Å². The van der Waals surface area contributed by atoms with E-state index in [1.54, 1.807) is 7.11 Å². The Morgan fingerprint density at radius 2 is 1.27 bits per heavy atom. The molecule has 3 amide bonds. The minimum Gasteiger partial charge on any atom is -0.483 e. The Labute approximate surface area is 361 Å². The Morgan fingerprint density at radius 1 is 0.742 bits per heavy atom. The molecule has 4 aliphatic rings. The number of nitrogens with one attached hydrogen (secondary N) is 5. The first-order valence-corrected chi connectivity index (χ1v) is 21.9. The summed E-state index contributed by atoms with van der Waals surface area (Å²) in [4.78, 5) is 70.2. The first-order valence-electron chi connectivity index (χ1n) is 21.9. The van der Waals surface area contributed by atoms with Gasteiger partial charge in [-0.3, -0.25) is 9.59 Å². The summed E-state index contributed by atoms with van der Waals surface area (Å²) in [5.41, 5.74) is 6.15. The second kappa shape index (κ2) is 15.7. The van der Waals surface area contributed by atoms with Gasteiger partial charge in [-0.2, -0.15) is 0 Å². The highest BCUT2D eigenvalue weighted by Gasteiger charge is 2.58. The van der Waals surface area contributed by atoms with Crippen molar-refractivity contribution in [3.8, 4) is 33.6 Å². The SMILES string of the molecule is C=C(N[C@H](C(=O)N1C[C@@H]2CC[C@@]1(c1nc(-c3ccc(-c4ccc(-c5c[nH]c([C@@]67CC[C@@H](CN6C(=O)[C@@H](NC(=O)OC)C(C)C)C7)n5)c5[nH]c(C)nc45)cc3)c[nH]1)C2)C(C)C)OC. The first kappa shape index (κ1) is 41.2. The largest absolute Gasteiger partial charge is 0.483 e. The molecule has 15 nitrogen and oxygen atoms in total. The second-order valence-electron chi connectivity index (χ2n) is 18.6. The van der Waals surface area contributed by atoms with E-state index in [9.17, 15) is 14.4 Å². The number of alkyl carbamates (subject to hydrolysis) is 1. The number of piperidine rings is 2. The molecule has 5 aromatic rings. The average Bonchev–Trinajstić information content (AvgIpc) is 4.13. The second-order valence-corrected chi connectivity index (χ2v) is 18.6. The van der Waals surface area contributed by atoms with E-state index in [2.05, 4.69) is 68.6 Å². The minimum absolute atomic E-state index is 0.0431. The van der Waals surface area contributed by atoms with Crippen LogP contribution in [0.3, 0.4) is 0 Å². The lowest BCUT2D eigenvalue weighted by Crippen LogP contribution is -2.56. The third kappa shape index (κ3) is 6.80. The standard InChI is InChI=1S/C47H58N10O5/c1-25(2)37(52-28(6)61-7)41(58)56-23-29-15-17-46(56,19-29)43-48-21-35(53-43)32-11-9-31(10-12-32)33-13-14-34(40-39(33)50-27(5)51-40)36-22-49-44(54-36)47-18-16-30(20-47)24-57(47)42(59)38(26(3)4)55-45(60)62-8/h9-14,21-22,25-26,29-30,37-38,52H,6,15-20,23-24H2,1-5,7-8H3,(H,48,53)(H,49,54)(H,50,51)(H,55,60)/t29-,30-,37+,38+,46+,47+/m1/s1. The normalized spacial score (nSPS) is 23.7. The number of likely N-dealkylation sites (tertiary alicyclic amines) is 2. The molecule has 2 saturated heterocycles. The molecular weight excluding hydrogens is 785 g/mol. The zero-order chi connectivity index (χ0) is 43.7. The fourth-order valence-corrected chi connectivity index (χ4v) is 10.9. The molecule has 3 aromatic heterocycles. The van der Waals surface area contributed by atoms with Gasteiger partial charge < -0.3 is 44.9 Å². The van der Waals surface area contributed by atoms with E-state index in [0.717, 1.165) is 101 Å². The van der Waals surface area contributed by atoms with Crippen molar-refractivity contribution in [2.24, 2.45) is 23.7 Å². The number of fused-ring (bicyclic) bond motifs is 5. The molecule has 62 heavy (non-hydrogen) atoms. The van der Waals surface area contributed by atoms with Gasteiger partial charge in [0.15, 0.2) is 5.88 Å². The van der Waals surface area contributed by atoms with E-state index in [1.165, 1.54) is 7.11 Å². The van der Waals surface area contributed by atoms with Gasteiger partial charge in [0, 0.05) is 42.2 Å². The number of hydrogen-bond donors (Lipinski definition) is 5. The highest BCUT2D eigenvalue weighted by molar-refractivity contribution is 6.00. The number of aromatic nitrogens is 6. The van der Waals surface area contributed by atoms with Gasteiger partial charge in [0.25, 0.3) is 0 Å². The summed E-state index contributed by atoms with van der Waals surface area (Å²) in [7, 11) is 2.86. The number of aryl methyl sites for hydroxylation is 1. The number of methoxy groups -OCH3 is 2. The molecule has 4 bridgehead atoms. The van der Waals surface area contributed by atoms with Gasteiger partial charge in [0.1, 0.15) is 40.6 Å². The number of aromatic amines is 3. The predicted molar refractivity (Wildman–Crippen MR) is 235 cm³/mol. The van der Waals surface area contributed by atoms with E-state index in [-0.39, 0.29) is 23.7 Å². The van der Waals surface area contributed by atoms with E-state index in [1.807, 2.05) is 56.8 Å². The van der Waals surface area contributed by atoms with Crippen LogP contribution in [0.2, 0.25) is 0 Å². The van der Waals surface area contributed by atoms with E-state index >= 15 is 0 Å². The van der Waals surface area contributed by atoms with Crippen molar-refractivity contribution >= 4 is 28.9 Å². The quantitative estimate of drug-likeness (QED) is 0.0771. The summed E-state index contributed by atoms with van der Waals surface area (Å²) >= 11 is 0. The zero-order valence-corrected chi connectivity index (χ0v) is 36.7. The van der Waals surface area contributed by atoms with Gasteiger partial charge in [-0.1, -0.05) is 58.0 Å². The summed E-state index contributed by atoms with van der Waals surface area (Å²) in [6, 6.07) is 11.4. The molecular formula is C47H58N10O5. The lowest BCUT2D eigenvalue weighted by Gasteiger charge is -2.40. The molecule has 0 radical (unpaired) electrons. The molecule has 0 spiro atoms. The van der Waals surface area contributed by atoms with Crippen molar-refractivity contribution in [1.29, 1.82) is 0 Å². The molecule has 0 unspecified atom stereocenters. The number of hydrogen-bond acceptors (Lipinski definition) is 9. The van der Waals surface area contributed by atoms with Crippen molar-refractivity contribution in [2.45, 2.75) is 96.3 Å². The van der Waals surface area contributed by atoms with Gasteiger partial charge in [-0.15, -0.1) is 0 Å². The van der Waals surface area contributed by atoms with Gasteiger partial charge in [-0.25, -0.2) is 19.7 Å². The molecule has 5 heterocycles. The fourth-order valence-electron chi connectivity index (χ4n) is 10.9. The number of carbonyl (C=O) groups is 3. The molecule has 2 saturated carbocycles. The van der Waals surface area contributed by atoms with Crippen molar-refractivity contribution in [2.75, 3.05) is 27.3 Å². The van der Waals surface area contributed by atoms with Gasteiger partial charge >= 0.3 is 6.09 Å². The van der Waals surface area contributed by atoms with Gasteiger partial charge in [0.05, 0.1) is 36.6 Å². The lowest BCUT2D eigenvalue weighted by atomic mass is 9.93. The van der Waals surface area contributed by atoms with Gasteiger partial charge in [-0.05, 0) is 87.3 Å². The van der Waals surface area contributed by atoms with Crippen LogP contribution in [-0.2, 0) is 30.1 Å². The van der Waals surface area contributed by atoms with Crippen LogP contribution in [0.25, 0.3) is 44.7 Å². The first-order chi connectivity index (χ1) is 29.7. The van der Waals surface area contributed by atoms with Crippen LogP contribution >= 0.6 is 0 Å². The number of benzene rings is 2. The summed E-state index contributed by atoms with van der Waals surface area (Å²) in [6.07, 6.45) is 8.72. The Balaban J connectivity index is 0.965. The number of H-pyrrole nitrogens is 3. The van der Waals surface area contributed by atoms with Crippen LogP contribution in [0, 0.1) is 30.6 Å². The third-order valence-electron chi connectivity index (χ3n) is 14.1. The molecule has 6 atom stereocenters. The maximum Gasteiger partial charge on any atom is 0.407 e. The smallest absolute Gasteiger partial charge is 0.407 e. The van der Waals surface area contributed by atoms with Crippen LogP contribution < -0.4 is 10.6 Å². The van der Waals surface area contributed by atoms with Crippen molar-refractivity contribution < 1.29 is 23.9 Å². The number of ether oxygens (including phenoxy) is 2. The Morgan fingerprint density at radius 3 is 1.82 bits per heavy atom. The van der Waals surface area contributed by atoms with Crippen molar-refractivity contribution in [3.63, 3.8) is 0 Å². The lowest BCUT2D eigenvalue weighted by molar-refractivity contribution is -0.141. The molecule has 326 valence electrons. The highest BCUT2D eigenvalue weighted by atomic mass is 16.5. The summed E-state index contributed by atoms with van der Waals surface area (Å²) < 4.78 is 10.1. The molecule has 2 aromatic carbocycles. The Hall–Kier alpha value is -6.12. The summed E-state index contributed by atoms with van der Waals surface area (Å²) in [5.74, 6) is 3.44. The van der Waals surface area contributed by atoms with Crippen LogP contribution in [0.5, 0.6) is 0 Å². The topological polar surface area (TPSA) is 186 Å². The predicted octanol–water partition coefficient (Wildman–Crippen LogP) is 7.11. The van der Waals surface area contributed by atoms with Crippen LogP contribution in [-0.4, -0.2) is 97.0 Å². The Bertz CT molecular complexity index is 2540. The Kier molecular flexibility index (Phi) is 10.4. The molecule has 15 heteroatoms. The zero-order valence-electron chi connectivity index (χ0n) is 36.7. The molecule has 4 fully saturated rings.